The van der Waals surface area contributed by atoms with Gasteiger partial charge in [-0.2, -0.15) is 0 Å². The Morgan fingerprint density at radius 2 is 1.79 bits per heavy atom. The average molecular weight is 326 g/mol. The molecule has 4 heteroatoms. The van der Waals surface area contributed by atoms with Gasteiger partial charge in [0.05, 0.1) is 0 Å². The fourth-order valence-corrected chi connectivity index (χ4v) is 2.48. The van der Waals surface area contributed by atoms with E-state index in [2.05, 4.69) is 37.4 Å². The lowest BCUT2D eigenvalue weighted by atomic mass is 9.96. The maximum atomic E-state index is 11.7. The molecule has 0 radical (unpaired) electrons. The predicted octanol–water partition coefficient (Wildman–Crippen LogP) is 4.58. The Hall–Kier alpha value is -2.49. The first-order chi connectivity index (χ1) is 11.2. The molecule has 0 aliphatic carbocycles. The highest BCUT2D eigenvalue weighted by Gasteiger charge is 2.16. The Bertz CT molecular complexity index is 746. The first-order valence-corrected chi connectivity index (χ1v) is 8.08. The van der Waals surface area contributed by atoms with E-state index in [0.29, 0.717) is 12.2 Å². The number of hydrogen-bond donors (Lipinski definition) is 2. The van der Waals surface area contributed by atoms with E-state index in [4.69, 9.17) is 10.5 Å². The van der Waals surface area contributed by atoms with Gasteiger partial charge in [0.2, 0.25) is 0 Å². The van der Waals surface area contributed by atoms with E-state index in [1.54, 1.807) is 0 Å². The van der Waals surface area contributed by atoms with Gasteiger partial charge in [0, 0.05) is 17.8 Å². The summed E-state index contributed by atoms with van der Waals surface area (Å²) >= 11 is 0. The van der Waals surface area contributed by atoms with Crippen molar-refractivity contribution in [2.75, 3.05) is 5.73 Å². The van der Waals surface area contributed by atoms with E-state index in [0.717, 1.165) is 16.7 Å². The van der Waals surface area contributed by atoms with Gasteiger partial charge in [0.25, 0.3) is 0 Å². The van der Waals surface area contributed by atoms with Crippen LogP contribution in [0.15, 0.2) is 36.4 Å². The van der Waals surface area contributed by atoms with Gasteiger partial charge in [0.1, 0.15) is 5.60 Å². The number of nitrogens with one attached hydrogen (secondary N) is 1. The number of nitrogens with two attached hydrogens (primary N) is 1. The molecule has 0 unspecified atom stereocenters. The monoisotopic (exact) mass is 326 g/mol. The van der Waals surface area contributed by atoms with Gasteiger partial charge in [-0.1, -0.05) is 35.9 Å². The van der Waals surface area contributed by atoms with Gasteiger partial charge in [-0.05, 0) is 57.4 Å². The molecule has 3 N–H and O–H groups in total. The number of nitrogen functional groups attached to an aromatic ring is 1. The van der Waals surface area contributed by atoms with E-state index >= 15 is 0 Å². The molecule has 4 nitrogen and oxygen atoms in total. The molecular weight excluding hydrogens is 300 g/mol. The summed E-state index contributed by atoms with van der Waals surface area (Å²) in [5.74, 6) is 0. The molecule has 0 aromatic heterocycles. The molecule has 0 spiro atoms. The molecule has 0 fully saturated rings. The van der Waals surface area contributed by atoms with Crippen LogP contribution < -0.4 is 11.1 Å². The number of aryl methyl sites for hydroxylation is 2. The Morgan fingerprint density at radius 3 is 2.42 bits per heavy atom. The summed E-state index contributed by atoms with van der Waals surface area (Å²) in [5, 5.41) is 2.75. The lowest BCUT2D eigenvalue weighted by molar-refractivity contribution is 0.0523. The third-order valence-corrected chi connectivity index (χ3v) is 3.63. The number of anilines is 1. The minimum atomic E-state index is -0.504. The first-order valence-electron chi connectivity index (χ1n) is 8.08. The highest BCUT2D eigenvalue weighted by atomic mass is 16.6. The summed E-state index contributed by atoms with van der Waals surface area (Å²) in [7, 11) is 0. The molecule has 2 rings (SSSR count). The van der Waals surface area contributed by atoms with Crippen molar-refractivity contribution in [1.82, 2.24) is 5.32 Å². The minimum Gasteiger partial charge on any atom is -0.444 e. The van der Waals surface area contributed by atoms with E-state index in [9.17, 15) is 4.79 Å². The SMILES string of the molecule is Cc1ccc(C)c(-c2ccc(CNC(=O)OC(C)(C)C)cc2N)c1. The summed E-state index contributed by atoms with van der Waals surface area (Å²) < 4.78 is 5.23. The Labute approximate surface area is 144 Å². The predicted molar refractivity (Wildman–Crippen MR) is 98.8 cm³/mol. The van der Waals surface area contributed by atoms with Crippen LogP contribution in [0, 0.1) is 13.8 Å². The van der Waals surface area contributed by atoms with Gasteiger partial charge < -0.3 is 15.8 Å². The normalized spacial score (nSPS) is 11.2. The number of alkyl carbamates (subject to hydrolysis) is 1. The van der Waals surface area contributed by atoms with Gasteiger partial charge in [-0.3, -0.25) is 0 Å². The molecule has 24 heavy (non-hydrogen) atoms. The summed E-state index contributed by atoms with van der Waals surface area (Å²) in [5.41, 5.74) is 11.9. The maximum Gasteiger partial charge on any atom is 0.407 e. The molecule has 2 aromatic rings. The molecule has 2 aromatic carbocycles. The molecule has 0 bridgehead atoms. The third kappa shape index (κ3) is 4.75. The Balaban J connectivity index is 2.13. The second-order valence-electron chi connectivity index (χ2n) is 7.10. The lowest BCUT2D eigenvalue weighted by Gasteiger charge is -2.19. The van der Waals surface area contributed by atoms with Crippen LogP contribution in [0.3, 0.4) is 0 Å². The van der Waals surface area contributed by atoms with Crippen molar-refractivity contribution in [3.63, 3.8) is 0 Å². The first kappa shape index (κ1) is 17.9. The van der Waals surface area contributed by atoms with Crippen molar-refractivity contribution in [2.45, 2.75) is 46.8 Å². The summed E-state index contributed by atoms with van der Waals surface area (Å²) in [6.07, 6.45) is -0.431. The number of rotatable bonds is 3. The van der Waals surface area contributed by atoms with Gasteiger partial charge in [0.15, 0.2) is 0 Å². The molecule has 0 atom stereocenters. The zero-order valence-electron chi connectivity index (χ0n) is 15.1. The fourth-order valence-electron chi connectivity index (χ4n) is 2.48. The van der Waals surface area contributed by atoms with E-state index in [-0.39, 0.29) is 0 Å². The van der Waals surface area contributed by atoms with Crippen LogP contribution in [0.2, 0.25) is 0 Å². The third-order valence-electron chi connectivity index (χ3n) is 3.63. The highest BCUT2D eigenvalue weighted by molar-refractivity contribution is 5.79. The van der Waals surface area contributed by atoms with Crippen molar-refractivity contribution >= 4 is 11.8 Å². The van der Waals surface area contributed by atoms with Crippen LogP contribution in [0.1, 0.15) is 37.5 Å². The quantitative estimate of drug-likeness (QED) is 0.812. The van der Waals surface area contributed by atoms with Gasteiger partial charge in [-0.15, -0.1) is 0 Å². The van der Waals surface area contributed by atoms with Crippen LogP contribution in [0.5, 0.6) is 0 Å². The molecule has 0 saturated carbocycles. The molecule has 128 valence electrons. The Morgan fingerprint density at radius 1 is 1.08 bits per heavy atom. The second kappa shape index (κ2) is 6.95. The van der Waals surface area contributed by atoms with Crippen molar-refractivity contribution < 1.29 is 9.53 Å². The van der Waals surface area contributed by atoms with Crippen LogP contribution in [-0.2, 0) is 11.3 Å². The number of benzene rings is 2. The zero-order chi connectivity index (χ0) is 17.9. The van der Waals surface area contributed by atoms with Crippen LogP contribution >= 0.6 is 0 Å². The average Bonchev–Trinajstić information content (AvgIpc) is 2.46. The van der Waals surface area contributed by atoms with Crippen molar-refractivity contribution in [2.24, 2.45) is 0 Å². The smallest absolute Gasteiger partial charge is 0.407 e. The van der Waals surface area contributed by atoms with E-state index < -0.39 is 11.7 Å². The lowest BCUT2D eigenvalue weighted by Crippen LogP contribution is -2.32. The van der Waals surface area contributed by atoms with Crippen molar-refractivity contribution in [3.8, 4) is 11.1 Å². The largest absolute Gasteiger partial charge is 0.444 e. The molecular formula is C20H26N2O2. The minimum absolute atomic E-state index is 0.381. The van der Waals surface area contributed by atoms with Crippen LogP contribution in [-0.4, -0.2) is 11.7 Å². The van der Waals surface area contributed by atoms with Crippen molar-refractivity contribution in [3.05, 3.63) is 53.1 Å². The van der Waals surface area contributed by atoms with Crippen LogP contribution in [0.25, 0.3) is 11.1 Å². The standard InChI is InChI=1S/C20H26N2O2/c1-13-6-7-14(2)17(10-13)16-9-8-15(11-18(16)21)12-22-19(23)24-20(3,4)5/h6-11H,12,21H2,1-5H3,(H,22,23). The highest BCUT2D eigenvalue weighted by Crippen LogP contribution is 2.30. The van der Waals surface area contributed by atoms with Crippen LogP contribution in [0.4, 0.5) is 10.5 Å². The summed E-state index contributed by atoms with van der Waals surface area (Å²) in [6, 6.07) is 12.2. The van der Waals surface area contributed by atoms with Gasteiger partial charge >= 0.3 is 6.09 Å². The van der Waals surface area contributed by atoms with E-state index in [1.165, 1.54) is 11.1 Å². The summed E-state index contributed by atoms with van der Waals surface area (Å²) in [4.78, 5) is 11.7. The summed E-state index contributed by atoms with van der Waals surface area (Å²) in [6.45, 7) is 10.0. The maximum absolute atomic E-state index is 11.7. The van der Waals surface area contributed by atoms with Gasteiger partial charge in [-0.25, -0.2) is 4.79 Å². The Kier molecular flexibility index (Phi) is 5.17. The second-order valence-corrected chi connectivity index (χ2v) is 7.10. The molecule has 0 saturated heterocycles. The fraction of sp³-hybridized carbons (Fsp3) is 0.350. The van der Waals surface area contributed by atoms with E-state index in [1.807, 2.05) is 39.0 Å². The molecule has 0 aliphatic heterocycles. The molecule has 1 amide bonds. The molecule has 0 aliphatic rings. The number of amides is 1. The zero-order valence-corrected chi connectivity index (χ0v) is 15.1. The number of hydrogen-bond acceptors (Lipinski definition) is 3. The number of carbonyl (C=O) groups is 1. The topological polar surface area (TPSA) is 64.3 Å². The van der Waals surface area contributed by atoms with Crippen molar-refractivity contribution in [1.29, 1.82) is 0 Å². The molecule has 0 heterocycles. The number of ether oxygens (including phenoxy) is 1. The number of carbonyl (C=O) groups excluding carboxylic acids is 1.